The van der Waals surface area contributed by atoms with Gasteiger partial charge in [0.05, 0.1) is 5.02 Å². The van der Waals surface area contributed by atoms with E-state index in [0.717, 1.165) is 27.6 Å². The van der Waals surface area contributed by atoms with Crippen LogP contribution in [0.15, 0.2) is 29.0 Å². The van der Waals surface area contributed by atoms with Gasteiger partial charge in [-0.25, -0.2) is 4.98 Å². The lowest BCUT2D eigenvalue weighted by molar-refractivity contribution is 0.570. The Labute approximate surface area is 99.5 Å². The summed E-state index contributed by atoms with van der Waals surface area (Å²) in [6.45, 7) is 2.63. The van der Waals surface area contributed by atoms with E-state index in [1.165, 1.54) is 6.39 Å². The van der Waals surface area contributed by atoms with Gasteiger partial charge in [0.1, 0.15) is 5.69 Å². The summed E-state index contributed by atoms with van der Waals surface area (Å²) in [5, 5.41) is 3.77. The van der Waals surface area contributed by atoms with Crippen LogP contribution in [0.4, 0.5) is 0 Å². The molecule has 0 radical (unpaired) electrons. The highest BCUT2D eigenvalue weighted by molar-refractivity contribution is 6.34. The highest BCUT2D eigenvalue weighted by Crippen LogP contribution is 2.32. The van der Waals surface area contributed by atoms with Gasteiger partial charge in [0.2, 0.25) is 0 Å². The zero-order valence-electron chi connectivity index (χ0n) is 9.25. The molecule has 1 aromatic heterocycles. The minimum absolute atomic E-state index is 0.663. The summed E-state index contributed by atoms with van der Waals surface area (Å²) in [5.41, 5.74) is 2.80. The molecule has 3 nitrogen and oxygen atoms in total. The van der Waals surface area contributed by atoms with Gasteiger partial charge in [-0.2, -0.15) is 0 Å². The van der Waals surface area contributed by atoms with E-state index in [2.05, 4.69) is 10.3 Å². The molecule has 4 heteroatoms. The summed E-state index contributed by atoms with van der Waals surface area (Å²) >= 11 is 6.25. The first-order valence-electron chi connectivity index (χ1n) is 5.06. The van der Waals surface area contributed by atoms with Crippen LogP contribution in [0.2, 0.25) is 5.02 Å². The second kappa shape index (κ2) is 4.68. The van der Waals surface area contributed by atoms with Crippen LogP contribution in [0.3, 0.4) is 0 Å². The molecule has 0 aliphatic carbocycles. The van der Waals surface area contributed by atoms with Gasteiger partial charge in [-0.1, -0.05) is 23.7 Å². The molecular formula is C12H13ClN2O. The topological polar surface area (TPSA) is 38.1 Å². The molecular weight excluding hydrogens is 224 g/mol. The maximum absolute atomic E-state index is 6.25. The molecule has 16 heavy (non-hydrogen) atoms. The van der Waals surface area contributed by atoms with Gasteiger partial charge in [0, 0.05) is 12.1 Å². The van der Waals surface area contributed by atoms with Crippen molar-refractivity contribution in [2.24, 2.45) is 0 Å². The lowest BCUT2D eigenvalue weighted by Crippen LogP contribution is -2.06. The molecule has 0 amide bonds. The quantitative estimate of drug-likeness (QED) is 0.890. The van der Waals surface area contributed by atoms with Crippen LogP contribution in [0, 0.1) is 6.92 Å². The highest BCUT2D eigenvalue weighted by atomic mass is 35.5. The molecule has 0 spiro atoms. The van der Waals surface area contributed by atoms with Gasteiger partial charge < -0.3 is 9.73 Å². The van der Waals surface area contributed by atoms with Crippen molar-refractivity contribution >= 4 is 11.6 Å². The van der Waals surface area contributed by atoms with Gasteiger partial charge in [0.25, 0.3) is 0 Å². The zero-order valence-corrected chi connectivity index (χ0v) is 10.0. The van der Waals surface area contributed by atoms with E-state index in [0.29, 0.717) is 6.54 Å². The maximum atomic E-state index is 6.25. The zero-order chi connectivity index (χ0) is 11.5. The van der Waals surface area contributed by atoms with E-state index in [4.69, 9.17) is 16.0 Å². The Balaban J connectivity index is 2.50. The van der Waals surface area contributed by atoms with Gasteiger partial charge >= 0.3 is 0 Å². The van der Waals surface area contributed by atoms with Crippen LogP contribution in [0.25, 0.3) is 11.3 Å². The van der Waals surface area contributed by atoms with Crippen LogP contribution >= 0.6 is 11.6 Å². The molecule has 0 unspecified atom stereocenters. The number of aromatic nitrogens is 1. The predicted molar refractivity (Wildman–Crippen MR) is 64.4 cm³/mol. The number of nitrogens with zero attached hydrogens (tertiary/aromatic N) is 1. The van der Waals surface area contributed by atoms with Crippen molar-refractivity contribution in [3.63, 3.8) is 0 Å². The van der Waals surface area contributed by atoms with E-state index >= 15 is 0 Å². The Morgan fingerprint density at radius 1 is 1.44 bits per heavy atom. The van der Waals surface area contributed by atoms with Gasteiger partial charge in [0.15, 0.2) is 12.2 Å². The largest absolute Gasteiger partial charge is 0.443 e. The van der Waals surface area contributed by atoms with Crippen LogP contribution in [0.1, 0.15) is 11.3 Å². The third kappa shape index (κ3) is 1.96. The van der Waals surface area contributed by atoms with Crippen molar-refractivity contribution in [2.75, 3.05) is 7.05 Å². The molecule has 0 fully saturated rings. The fourth-order valence-electron chi connectivity index (χ4n) is 1.60. The van der Waals surface area contributed by atoms with Crippen molar-refractivity contribution in [3.8, 4) is 11.3 Å². The molecule has 84 valence electrons. The van der Waals surface area contributed by atoms with E-state index in [1.807, 2.05) is 32.2 Å². The van der Waals surface area contributed by atoms with Crippen LogP contribution in [0.5, 0.6) is 0 Å². The van der Waals surface area contributed by atoms with Gasteiger partial charge in [-0.15, -0.1) is 0 Å². The standard InChI is InChI=1S/C12H13ClN2O/c1-8-4-3-5-9(11(8)13)12-10(6-14-2)15-7-16-12/h3-5,7,14H,6H2,1-2H3. The van der Waals surface area contributed by atoms with Crippen molar-refractivity contribution in [2.45, 2.75) is 13.5 Å². The highest BCUT2D eigenvalue weighted by Gasteiger charge is 2.13. The van der Waals surface area contributed by atoms with Crippen LogP contribution in [-0.2, 0) is 6.54 Å². The first-order chi connectivity index (χ1) is 7.74. The fraction of sp³-hybridized carbons (Fsp3) is 0.250. The summed E-state index contributed by atoms with van der Waals surface area (Å²) < 4.78 is 5.40. The fourth-order valence-corrected chi connectivity index (χ4v) is 1.82. The summed E-state index contributed by atoms with van der Waals surface area (Å²) in [6, 6.07) is 5.87. The number of rotatable bonds is 3. The Morgan fingerprint density at radius 2 is 2.25 bits per heavy atom. The Bertz CT molecular complexity index is 494. The molecule has 2 aromatic rings. The SMILES string of the molecule is CNCc1ncoc1-c1cccc(C)c1Cl. The average Bonchev–Trinajstić information content (AvgIpc) is 2.71. The minimum Gasteiger partial charge on any atom is -0.443 e. The molecule has 0 bridgehead atoms. The number of oxazole rings is 1. The predicted octanol–water partition coefficient (Wildman–Crippen LogP) is 3.02. The molecule has 0 saturated carbocycles. The van der Waals surface area contributed by atoms with Crippen molar-refractivity contribution in [1.82, 2.24) is 10.3 Å². The number of halogens is 1. The molecule has 1 N–H and O–H groups in total. The first-order valence-corrected chi connectivity index (χ1v) is 5.44. The Morgan fingerprint density at radius 3 is 3.00 bits per heavy atom. The number of nitrogens with one attached hydrogen (secondary N) is 1. The Hall–Kier alpha value is -1.32. The van der Waals surface area contributed by atoms with E-state index in [-0.39, 0.29) is 0 Å². The number of benzene rings is 1. The molecule has 0 saturated heterocycles. The minimum atomic E-state index is 0.663. The molecule has 1 aromatic carbocycles. The third-order valence-corrected chi connectivity index (χ3v) is 2.92. The first kappa shape index (κ1) is 11.2. The number of hydrogen-bond donors (Lipinski definition) is 1. The monoisotopic (exact) mass is 236 g/mol. The number of aryl methyl sites for hydroxylation is 1. The molecule has 0 aliphatic heterocycles. The van der Waals surface area contributed by atoms with Crippen molar-refractivity contribution in [1.29, 1.82) is 0 Å². The summed E-state index contributed by atoms with van der Waals surface area (Å²) in [7, 11) is 1.87. The second-order valence-corrected chi connectivity index (χ2v) is 3.97. The van der Waals surface area contributed by atoms with Gasteiger partial charge in [-0.05, 0) is 25.6 Å². The lowest BCUT2D eigenvalue weighted by atomic mass is 10.1. The van der Waals surface area contributed by atoms with Gasteiger partial charge in [-0.3, -0.25) is 0 Å². The molecule has 2 rings (SSSR count). The maximum Gasteiger partial charge on any atom is 0.181 e. The lowest BCUT2D eigenvalue weighted by Gasteiger charge is -2.05. The third-order valence-electron chi connectivity index (χ3n) is 2.42. The van der Waals surface area contributed by atoms with Crippen LogP contribution < -0.4 is 5.32 Å². The van der Waals surface area contributed by atoms with E-state index in [1.54, 1.807) is 0 Å². The summed E-state index contributed by atoms with van der Waals surface area (Å²) in [5.74, 6) is 0.739. The molecule has 0 atom stereocenters. The molecule has 1 heterocycles. The molecule has 0 aliphatic rings. The van der Waals surface area contributed by atoms with Crippen molar-refractivity contribution in [3.05, 3.63) is 40.9 Å². The average molecular weight is 237 g/mol. The van der Waals surface area contributed by atoms with E-state index < -0.39 is 0 Å². The Kier molecular flexibility index (Phi) is 3.27. The summed E-state index contributed by atoms with van der Waals surface area (Å²) in [4.78, 5) is 4.17. The summed E-state index contributed by atoms with van der Waals surface area (Å²) in [6.07, 6.45) is 1.45. The smallest absolute Gasteiger partial charge is 0.181 e. The van der Waals surface area contributed by atoms with Crippen molar-refractivity contribution < 1.29 is 4.42 Å². The normalized spacial score (nSPS) is 10.7. The number of hydrogen-bond acceptors (Lipinski definition) is 3. The second-order valence-electron chi connectivity index (χ2n) is 3.59. The van der Waals surface area contributed by atoms with Crippen LogP contribution in [-0.4, -0.2) is 12.0 Å². The van der Waals surface area contributed by atoms with E-state index in [9.17, 15) is 0 Å².